The molecule has 1 saturated carbocycles. The smallest absolute Gasteiger partial charge is 0.220 e. The van der Waals surface area contributed by atoms with E-state index in [1.807, 2.05) is 0 Å². The van der Waals surface area contributed by atoms with E-state index in [1.54, 1.807) is 0 Å². The van der Waals surface area contributed by atoms with E-state index in [4.69, 9.17) is 10.5 Å². The first-order chi connectivity index (χ1) is 8.74. The van der Waals surface area contributed by atoms with Gasteiger partial charge in [0.1, 0.15) is 0 Å². The second-order valence-electron chi connectivity index (χ2n) is 5.84. The van der Waals surface area contributed by atoms with Crippen LogP contribution in [0.25, 0.3) is 0 Å². The molecule has 1 aliphatic carbocycles. The molecule has 0 bridgehead atoms. The third-order valence-electron chi connectivity index (χ3n) is 4.29. The van der Waals surface area contributed by atoms with Crippen molar-refractivity contribution >= 4 is 5.91 Å². The van der Waals surface area contributed by atoms with Crippen LogP contribution < -0.4 is 11.1 Å². The van der Waals surface area contributed by atoms with E-state index in [0.717, 1.165) is 58.3 Å². The van der Waals surface area contributed by atoms with Gasteiger partial charge in [-0.15, -0.1) is 0 Å². The van der Waals surface area contributed by atoms with Gasteiger partial charge in [0.2, 0.25) is 5.91 Å². The van der Waals surface area contributed by atoms with Crippen molar-refractivity contribution < 1.29 is 9.53 Å². The van der Waals surface area contributed by atoms with Gasteiger partial charge in [0.25, 0.3) is 0 Å². The van der Waals surface area contributed by atoms with Gasteiger partial charge in [-0.1, -0.05) is 0 Å². The fourth-order valence-corrected chi connectivity index (χ4v) is 2.94. The predicted octanol–water partition coefficient (Wildman–Crippen LogP) is 1.44. The molecule has 0 atom stereocenters. The minimum atomic E-state index is 0.224. The molecular formula is C14H26N2O2. The first-order valence-electron chi connectivity index (χ1n) is 7.34. The van der Waals surface area contributed by atoms with Crippen LogP contribution in [0.1, 0.15) is 44.9 Å². The van der Waals surface area contributed by atoms with Gasteiger partial charge in [-0.2, -0.15) is 0 Å². The summed E-state index contributed by atoms with van der Waals surface area (Å²) in [4.78, 5) is 11.9. The van der Waals surface area contributed by atoms with Gasteiger partial charge in [0, 0.05) is 32.2 Å². The molecular weight excluding hydrogens is 228 g/mol. The lowest BCUT2D eigenvalue weighted by Crippen LogP contribution is -2.34. The molecule has 0 aromatic carbocycles. The number of amides is 1. The van der Waals surface area contributed by atoms with Gasteiger partial charge in [0.05, 0.1) is 0 Å². The lowest BCUT2D eigenvalue weighted by molar-refractivity contribution is -0.122. The van der Waals surface area contributed by atoms with E-state index in [1.165, 1.54) is 0 Å². The first kappa shape index (κ1) is 13.8. The Hall–Kier alpha value is -0.610. The van der Waals surface area contributed by atoms with Crippen molar-refractivity contribution in [3.63, 3.8) is 0 Å². The summed E-state index contributed by atoms with van der Waals surface area (Å²) < 4.78 is 5.31. The Bertz CT molecular complexity index is 257. The van der Waals surface area contributed by atoms with Crippen molar-refractivity contribution in [2.75, 3.05) is 19.8 Å². The summed E-state index contributed by atoms with van der Waals surface area (Å²) in [6.07, 6.45) is 7.25. The van der Waals surface area contributed by atoms with Crippen molar-refractivity contribution in [3.05, 3.63) is 0 Å². The molecule has 2 aliphatic rings. The fourth-order valence-electron chi connectivity index (χ4n) is 2.94. The minimum Gasteiger partial charge on any atom is -0.381 e. The molecule has 0 aromatic rings. The average Bonchev–Trinajstić information content (AvgIpc) is 2.40. The quantitative estimate of drug-likeness (QED) is 0.798. The molecule has 1 heterocycles. The molecule has 2 rings (SSSR count). The molecule has 0 aromatic heterocycles. The number of hydrogen-bond acceptors (Lipinski definition) is 3. The molecule has 0 spiro atoms. The number of carbonyl (C=O) groups excluding carboxylic acids is 1. The van der Waals surface area contributed by atoms with Crippen LogP contribution in [0.15, 0.2) is 0 Å². The van der Waals surface area contributed by atoms with Crippen molar-refractivity contribution in [1.82, 2.24) is 5.32 Å². The molecule has 0 unspecified atom stereocenters. The van der Waals surface area contributed by atoms with Crippen LogP contribution in [0.5, 0.6) is 0 Å². The van der Waals surface area contributed by atoms with Gasteiger partial charge in [-0.05, 0) is 50.4 Å². The second-order valence-corrected chi connectivity index (χ2v) is 5.84. The van der Waals surface area contributed by atoms with Gasteiger partial charge in [0.15, 0.2) is 0 Å². The minimum absolute atomic E-state index is 0.224. The first-order valence-corrected chi connectivity index (χ1v) is 7.34. The largest absolute Gasteiger partial charge is 0.381 e. The van der Waals surface area contributed by atoms with Crippen LogP contribution in [0.3, 0.4) is 0 Å². The molecule has 0 radical (unpaired) electrons. The molecule has 4 heteroatoms. The van der Waals surface area contributed by atoms with E-state index in [9.17, 15) is 4.79 Å². The van der Waals surface area contributed by atoms with E-state index < -0.39 is 0 Å². The third-order valence-corrected chi connectivity index (χ3v) is 4.29. The Kier molecular flexibility index (Phi) is 5.45. The monoisotopic (exact) mass is 254 g/mol. The topological polar surface area (TPSA) is 64.4 Å². The Labute approximate surface area is 110 Å². The Balaban J connectivity index is 1.59. The summed E-state index contributed by atoms with van der Waals surface area (Å²) in [6.45, 7) is 2.52. The van der Waals surface area contributed by atoms with Crippen molar-refractivity contribution in [2.24, 2.45) is 17.6 Å². The highest BCUT2D eigenvalue weighted by atomic mass is 16.5. The summed E-state index contributed by atoms with van der Waals surface area (Å²) >= 11 is 0. The van der Waals surface area contributed by atoms with Crippen LogP contribution >= 0.6 is 0 Å². The van der Waals surface area contributed by atoms with E-state index in [2.05, 4.69) is 5.32 Å². The zero-order chi connectivity index (χ0) is 12.8. The maximum atomic E-state index is 11.9. The number of nitrogens with two attached hydrogens (primary N) is 1. The lowest BCUT2D eigenvalue weighted by atomic mass is 9.84. The molecule has 1 saturated heterocycles. The number of nitrogens with one attached hydrogen (secondary N) is 1. The Morgan fingerprint density at radius 1 is 1.06 bits per heavy atom. The summed E-state index contributed by atoms with van der Waals surface area (Å²) in [6, 6.07) is 0.367. The lowest BCUT2D eigenvalue weighted by Gasteiger charge is -2.26. The summed E-state index contributed by atoms with van der Waals surface area (Å²) in [5, 5.41) is 3.09. The van der Waals surface area contributed by atoms with Crippen LogP contribution in [0, 0.1) is 11.8 Å². The van der Waals surface area contributed by atoms with Gasteiger partial charge >= 0.3 is 0 Å². The van der Waals surface area contributed by atoms with Crippen molar-refractivity contribution in [1.29, 1.82) is 0 Å². The second kappa shape index (κ2) is 7.10. The highest BCUT2D eigenvalue weighted by Crippen LogP contribution is 2.25. The maximum Gasteiger partial charge on any atom is 0.220 e. The summed E-state index contributed by atoms with van der Waals surface area (Å²) in [5.74, 6) is 1.39. The molecule has 1 aliphatic heterocycles. The summed E-state index contributed by atoms with van der Waals surface area (Å²) in [5.41, 5.74) is 5.87. The molecule has 1 amide bonds. The Morgan fingerprint density at radius 2 is 1.72 bits per heavy atom. The Morgan fingerprint density at radius 3 is 2.39 bits per heavy atom. The van der Waals surface area contributed by atoms with E-state index in [0.29, 0.717) is 24.3 Å². The van der Waals surface area contributed by atoms with Gasteiger partial charge < -0.3 is 15.8 Å². The third kappa shape index (κ3) is 4.58. The van der Waals surface area contributed by atoms with Crippen molar-refractivity contribution in [2.45, 2.75) is 51.0 Å². The van der Waals surface area contributed by atoms with E-state index in [-0.39, 0.29) is 5.91 Å². The van der Waals surface area contributed by atoms with Gasteiger partial charge in [-0.25, -0.2) is 0 Å². The number of hydrogen-bond donors (Lipinski definition) is 2. The molecule has 4 nitrogen and oxygen atoms in total. The number of carbonyl (C=O) groups is 1. The number of ether oxygens (including phenoxy) is 1. The van der Waals surface area contributed by atoms with Crippen LogP contribution in [-0.4, -0.2) is 31.7 Å². The molecule has 3 N–H and O–H groups in total. The van der Waals surface area contributed by atoms with Crippen molar-refractivity contribution in [3.8, 4) is 0 Å². The standard InChI is InChI=1S/C14H26N2O2/c15-13-3-1-11(2-4-13)9-14(17)16-10-12-5-7-18-8-6-12/h11-13H,1-10,15H2,(H,16,17). The van der Waals surface area contributed by atoms with E-state index >= 15 is 0 Å². The number of rotatable bonds is 4. The highest BCUT2D eigenvalue weighted by molar-refractivity contribution is 5.76. The SMILES string of the molecule is NC1CCC(CC(=O)NCC2CCOCC2)CC1. The average molecular weight is 254 g/mol. The highest BCUT2D eigenvalue weighted by Gasteiger charge is 2.21. The molecule has 18 heavy (non-hydrogen) atoms. The maximum absolute atomic E-state index is 11.9. The van der Waals surface area contributed by atoms with Crippen LogP contribution in [0.2, 0.25) is 0 Å². The normalized spacial score (nSPS) is 30.1. The molecule has 2 fully saturated rings. The zero-order valence-corrected chi connectivity index (χ0v) is 11.2. The molecule has 104 valence electrons. The predicted molar refractivity (Wildman–Crippen MR) is 71.1 cm³/mol. The fraction of sp³-hybridized carbons (Fsp3) is 0.929. The summed E-state index contributed by atoms with van der Waals surface area (Å²) in [7, 11) is 0. The zero-order valence-electron chi connectivity index (χ0n) is 11.2. The van der Waals surface area contributed by atoms with Gasteiger partial charge in [-0.3, -0.25) is 4.79 Å². The van der Waals surface area contributed by atoms with Crippen LogP contribution in [-0.2, 0) is 9.53 Å². The van der Waals surface area contributed by atoms with Crippen LogP contribution in [0.4, 0.5) is 0 Å².